The van der Waals surface area contributed by atoms with E-state index in [2.05, 4.69) is 11.5 Å². The minimum Gasteiger partial charge on any atom is -0.507 e. The van der Waals surface area contributed by atoms with Gasteiger partial charge in [0.2, 0.25) is 5.91 Å². The van der Waals surface area contributed by atoms with E-state index < -0.39 is 5.54 Å². The zero-order chi connectivity index (χ0) is 21.3. The van der Waals surface area contributed by atoms with Crippen LogP contribution in [0.4, 0.5) is 5.69 Å². The first-order chi connectivity index (χ1) is 14.5. The van der Waals surface area contributed by atoms with E-state index in [1.165, 1.54) is 0 Å². The molecule has 30 heavy (non-hydrogen) atoms. The molecule has 2 N–H and O–H groups in total. The number of nitrogens with zero attached hydrogens (tertiary/aromatic N) is 2. The van der Waals surface area contributed by atoms with Crippen molar-refractivity contribution in [2.24, 2.45) is 0 Å². The highest BCUT2D eigenvalue weighted by atomic mass is 16.3. The van der Waals surface area contributed by atoms with Crippen molar-refractivity contribution in [3.63, 3.8) is 0 Å². The van der Waals surface area contributed by atoms with Crippen LogP contribution in [0.15, 0.2) is 73.0 Å². The Hall–Kier alpha value is -3.05. The highest BCUT2D eigenvalue weighted by molar-refractivity contribution is 6.04. The molecule has 1 fully saturated rings. The molecular formula is C25H28N2O3. The number of likely N-dealkylation sites (tertiary alicyclic amines) is 1. The van der Waals surface area contributed by atoms with Crippen LogP contribution >= 0.6 is 0 Å². The number of aliphatic hydroxyl groups is 2. The summed E-state index contributed by atoms with van der Waals surface area (Å²) < 4.78 is 0. The van der Waals surface area contributed by atoms with Gasteiger partial charge in [-0.3, -0.25) is 9.69 Å². The first-order valence-corrected chi connectivity index (χ1v) is 10.4. The van der Waals surface area contributed by atoms with Crippen LogP contribution in [-0.2, 0) is 4.79 Å². The van der Waals surface area contributed by atoms with Gasteiger partial charge in [0.1, 0.15) is 5.54 Å². The molecule has 2 atom stereocenters. The van der Waals surface area contributed by atoms with E-state index in [-0.39, 0.29) is 29.9 Å². The number of carbonyl (C=O) groups is 1. The van der Waals surface area contributed by atoms with Gasteiger partial charge in [0.15, 0.2) is 11.5 Å². The predicted molar refractivity (Wildman–Crippen MR) is 120 cm³/mol. The van der Waals surface area contributed by atoms with E-state index in [0.717, 1.165) is 31.5 Å². The first-order valence-electron chi connectivity index (χ1n) is 10.4. The van der Waals surface area contributed by atoms with E-state index in [1.54, 1.807) is 17.0 Å². The van der Waals surface area contributed by atoms with Crippen LogP contribution in [-0.4, -0.2) is 46.2 Å². The molecule has 2 unspecified atom stereocenters. The maximum atomic E-state index is 14.2. The summed E-state index contributed by atoms with van der Waals surface area (Å²) in [6.07, 6.45) is 3.95. The third-order valence-corrected chi connectivity index (χ3v) is 6.47. The lowest BCUT2D eigenvalue weighted by Crippen LogP contribution is -2.61. The summed E-state index contributed by atoms with van der Waals surface area (Å²) >= 11 is 0. The second-order valence-electron chi connectivity index (χ2n) is 8.17. The second kappa shape index (κ2) is 8.00. The quantitative estimate of drug-likeness (QED) is 0.713. The minimum absolute atomic E-state index is 0.0518. The molecule has 0 aliphatic carbocycles. The van der Waals surface area contributed by atoms with Crippen molar-refractivity contribution in [3.05, 3.63) is 84.1 Å². The van der Waals surface area contributed by atoms with Gasteiger partial charge in [-0.15, -0.1) is 6.58 Å². The maximum absolute atomic E-state index is 14.2. The Balaban J connectivity index is 1.82. The highest BCUT2D eigenvalue weighted by Crippen LogP contribution is 2.41. The number of rotatable bonds is 5. The smallest absolute Gasteiger partial charge is 0.248 e. The van der Waals surface area contributed by atoms with Gasteiger partial charge in [0.05, 0.1) is 12.2 Å². The number of hydrogen-bond acceptors (Lipinski definition) is 4. The summed E-state index contributed by atoms with van der Waals surface area (Å²) in [4.78, 5) is 18.1. The van der Waals surface area contributed by atoms with Crippen LogP contribution in [0.2, 0.25) is 0 Å². The number of para-hydroxylation sites is 1. The van der Waals surface area contributed by atoms with E-state index in [0.29, 0.717) is 11.3 Å². The normalized spacial score (nSPS) is 19.8. The van der Waals surface area contributed by atoms with Gasteiger partial charge in [0, 0.05) is 11.5 Å². The second-order valence-corrected chi connectivity index (χ2v) is 8.17. The number of aliphatic hydroxyl groups excluding tert-OH is 2. The molecule has 0 spiro atoms. The molecule has 2 aromatic rings. The SMILES string of the molecule is C=CC(c1ccccc1)C(C)(C(=O)N1CC(O)=C(O)c2ccccc21)N1CCCC1. The summed E-state index contributed by atoms with van der Waals surface area (Å²) in [5, 5.41) is 20.7. The van der Waals surface area contributed by atoms with Crippen LogP contribution < -0.4 is 4.90 Å². The Morgan fingerprint density at radius 3 is 2.37 bits per heavy atom. The number of carbonyl (C=O) groups excluding carboxylic acids is 1. The highest BCUT2D eigenvalue weighted by Gasteiger charge is 2.49. The number of benzene rings is 2. The van der Waals surface area contributed by atoms with Gasteiger partial charge < -0.3 is 15.1 Å². The van der Waals surface area contributed by atoms with Gasteiger partial charge in [-0.05, 0) is 50.6 Å². The molecule has 0 aromatic heterocycles. The molecule has 1 saturated heterocycles. The average Bonchev–Trinajstić information content (AvgIpc) is 3.32. The fraction of sp³-hybridized carbons (Fsp3) is 0.320. The van der Waals surface area contributed by atoms with Gasteiger partial charge in [-0.1, -0.05) is 48.5 Å². The first kappa shape index (κ1) is 20.2. The summed E-state index contributed by atoms with van der Waals surface area (Å²) in [5.74, 6) is -0.690. The Labute approximate surface area is 177 Å². The molecule has 0 radical (unpaired) electrons. The topological polar surface area (TPSA) is 64.0 Å². The number of hydrogen-bond donors (Lipinski definition) is 2. The molecule has 2 aliphatic rings. The predicted octanol–water partition coefficient (Wildman–Crippen LogP) is 4.64. The van der Waals surface area contributed by atoms with Crippen molar-refractivity contribution >= 4 is 17.4 Å². The molecule has 1 amide bonds. The Bertz CT molecular complexity index is 979. The number of fused-ring (bicyclic) bond motifs is 1. The lowest BCUT2D eigenvalue weighted by atomic mass is 9.77. The fourth-order valence-corrected chi connectivity index (χ4v) is 4.83. The Kier molecular flexibility index (Phi) is 5.39. The maximum Gasteiger partial charge on any atom is 0.248 e. The van der Waals surface area contributed by atoms with Crippen LogP contribution in [0.25, 0.3) is 5.76 Å². The molecule has 0 bridgehead atoms. The van der Waals surface area contributed by atoms with Crippen molar-refractivity contribution in [2.45, 2.75) is 31.2 Å². The standard InChI is InChI=1S/C25H28N2O3/c1-3-20(18-11-5-4-6-12-18)25(2,26-15-9-10-16-26)24(30)27-17-22(28)23(29)19-13-7-8-14-21(19)27/h3-8,11-14,20,28-29H,1,9-10,15-17H2,2H3. The van der Waals surface area contributed by atoms with Gasteiger partial charge in [-0.25, -0.2) is 0 Å². The van der Waals surface area contributed by atoms with Crippen LogP contribution in [0, 0.1) is 0 Å². The summed E-state index contributed by atoms with van der Waals surface area (Å²) in [6.45, 7) is 7.68. The summed E-state index contributed by atoms with van der Waals surface area (Å²) in [7, 11) is 0. The Morgan fingerprint density at radius 1 is 1.07 bits per heavy atom. The minimum atomic E-state index is -0.875. The van der Waals surface area contributed by atoms with Crippen LogP contribution in [0.1, 0.15) is 36.8 Å². The van der Waals surface area contributed by atoms with E-state index >= 15 is 0 Å². The number of amides is 1. The molecular weight excluding hydrogens is 376 g/mol. The monoisotopic (exact) mass is 404 g/mol. The molecule has 2 aliphatic heterocycles. The van der Waals surface area contributed by atoms with E-state index in [9.17, 15) is 15.0 Å². The molecule has 0 saturated carbocycles. The van der Waals surface area contributed by atoms with Crippen molar-refractivity contribution in [2.75, 3.05) is 24.5 Å². The summed E-state index contributed by atoms with van der Waals surface area (Å²) in [5.41, 5.74) is 1.23. The van der Waals surface area contributed by atoms with Gasteiger partial charge in [0.25, 0.3) is 0 Å². The van der Waals surface area contributed by atoms with E-state index in [1.807, 2.05) is 55.5 Å². The zero-order valence-corrected chi connectivity index (χ0v) is 17.3. The van der Waals surface area contributed by atoms with Gasteiger partial charge >= 0.3 is 0 Å². The largest absolute Gasteiger partial charge is 0.507 e. The average molecular weight is 405 g/mol. The molecule has 2 aromatic carbocycles. The molecule has 2 heterocycles. The van der Waals surface area contributed by atoms with Crippen LogP contribution in [0.3, 0.4) is 0 Å². The van der Waals surface area contributed by atoms with Crippen molar-refractivity contribution in [1.82, 2.24) is 4.90 Å². The van der Waals surface area contributed by atoms with Crippen molar-refractivity contribution in [1.29, 1.82) is 0 Å². The van der Waals surface area contributed by atoms with Crippen LogP contribution in [0.5, 0.6) is 0 Å². The molecule has 4 rings (SSSR count). The molecule has 156 valence electrons. The summed E-state index contributed by atoms with van der Waals surface area (Å²) in [6, 6.07) is 17.1. The molecule has 5 nitrogen and oxygen atoms in total. The van der Waals surface area contributed by atoms with E-state index in [4.69, 9.17) is 0 Å². The Morgan fingerprint density at radius 2 is 1.70 bits per heavy atom. The van der Waals surface area contributed by atoms with Crippen molar-refractivity contribution in [3.8, 4) is 0 Å². The van der Waals surface area contributed by atoms with Crippen molar-refractivity contribution < 1.29 is 15.0 Å². The lowest BCUT2D eigenvalue weighted by molar-refractivity contribution is -0.130. The third-order valence-electron chi connectivity index (χ3n) is 6.47. The third kappa shape index (κ3) is 3.19. The number of anilines is 1. The fourth-order valence-electron chi connectivity index (χ4n) is 4.83. The van der Waals surface area contributed by atoms with Gasteiger partial charge in [-0.2, -0.15) is 0 Å². The zero-order valence-electron chi connectivity index (χ0n) is 17.3. The lowest BCUT2D eigenvalue weighted by Gasteiger charge is -2.46. The molecule has 5 heteroatoms.